The Hall–Kier alpha value is -0.570. The minimum Gasteiger partial charge on any atom is -0.481 e. The average Bonchev–Trinajstić information content (AvgIpc) is 2.80. The van der Waals surface area contributed by atoms with E-state index in [4.69, 9.17) is 5.11 Å². The molecule has 0 radical (unpaired) electrons. The zero-order valence-electron chi connectivity index (χ0n) is 7.55. The minimum absolute atomic E-state index is 0.277. The Morgan fingerprint density at radius 2 is 2.33 bits per heavy atom. The monoisotopic (exact) mass is 171 g/mol. The third-order valence-electron chi connectivity index (χ3n) is 2.24. The van der Waals surface area contributed by atoms with Gasteiger partial charge in [-0.15, -0.1) is 0 Å². The highest BCUT2D eigenvalue weighted by molar-refractivity contribution is 5.66. The molecule has 2 N–H and O–H groups in total. The lowest BCUT2D eigenvalue weighted by atomic mass is 10.2. The van der Waals surface area contributed by atoms with Gasteiger partial charge in [0.1, 0.15) is 0 Å². The molecule has 12 heavy (non-hydrogen) atoms. The molecule has 3 nitrogen and oxygen atoms in total. The molecule has 1 fully saturated rings. The number of hydrogen-bond donors (Lipinski definition) is 2. The number of rotatable bonds is 6. The van der Waals surface area contributed by atoms with Gasteiger partial charge in [-0.3, -0.25) is 4.79 Å². The molecule has 0 aliphatic heterocycles. The predicted molar refractivity (Wildman–Crippen MR) is 47.1 cm³/mol. The van der Waals surface area contributed by atoms with Crippen LogP contribution in [0.3, 0.4) is 0 Å². The molecule has 0 aromatic heterocycles. The Balaban J connectivity index is 1.94. The van der Waals surface area contributed by atoms with Gasteiger partial charge in [-0.2, -0.15) is 0 Å². The minimum atomic E-state index is -0.699. The van der Waals surface area contributed by atoms with Crippen LogP contribution in [0.2, 0.25) is 0 Å². The van der Waals surface area contributed by atoms with Crippen LogP contribution in [0.5, 0.6) is 0 Å². The van der Waals surface area contributed by atoms with Crippen molar-refractivity contribution in [2.45, 2.75) is 38.6 Å². The normalized spacial score (nSPS) is 19.1. The molecule has 70 valence electrons. The number of carbonyl (C=O) groups is 1. The number of hydrogen-bond acceptors (Lipinski definition) is 2. The molecule has 0 heterocycles. The summed E-state index contributed by atoms with van der Waals surface area (Å²) < 4.78 is 0. The van der Waals surface area contributed by atoms with E-state index in [1.54, 1.807) is 0 Å². The first kappa shape index (κ1) is 9.52. The largest absolute Gasteiger partial charge is 0.481 e. The number of carboxylic acid groups (broad SMARTS) is 1. The first-order valence-corrected chi connectivity index (χ1v) is 4.63. The Bertz CT molecular complexity index is 155. The van der Waals surface area contributed by atoms with E-state index in [1.807, 2.05) is 6.92 Å². The molecule has 1 aliphatic rings. The van der Waals surface area contributed by atoms with Gasteiger partial charge in [-0.1, -0.05) is 0 Å². The van der Waals surface area contributed by atoms with E-state index in [0.717, 1.165) is 18.9 Å². The second kappa shape index (κ2) is 4.45. The van der Waals surface area contributed by atoms with Crippen LogP contribution in [0.25, 0.3) is 0 Å². The van der Waals surface area contributed by atoms with Crippen LogP contribution < -0.4 is 5.32 Å². The fourth-order valence-electron chi connectivity index (χ4n) is 1.13. The first-order chi connectivity index (χ1) is 5.68. The van der Waals surface area contributed by atoms with Crippen LogP contribution in [0.1, 0.15) is 32.6 Å². The maximum absolute atomic E-state index is 10.2. The van der Waals surface area contributed by atoms with Crippen molar-refractivity contribution < 1.29 is 9.90 Å². The second-order valence-corrected chi connectivity index (χ2v) is 3.69. The highest BCUT2D eigenvalue weighted by Gasteiger charge is 2.21. The predicted octanol–water partition coefficient (Wildman–Crippen LogP) is 1.24. The lowest BCUT2D eigenvalue weighted by Gasteiger charge is -2.11. The van der Waals surface area contributed by atoms with Gasteiger partial charge in [-0.25, -0.2) is 0 Å². The number of aliphatic carboxylic acids is 1. The highest BCUT2D eigenvalue weighted by atomic mass is 16.4. The molecule has 1 rings (SSSR count). The van der Waals surface area contributed by atoms with Gasteiger partial charge >= 0.3 is 5.97 Å². The summed E-state index contributed by atoms with van der Waals surface area (Å²) in [6.07, 6.45) is 3.71. The average molecular weight is 171 g/mol. The zero-order valence-corrected chi connectivity index (χ0v) is 7.55. The van der Waals surface area contributed by atoms with E-state index in [9.17, 15) is 4.79 Å². The molecule has 1 atom stereocenters. The maximum atomic E-state index is 10.2. The topological polar surface area (TPSA) is 49.3 Å². The summed E-state index contributed by atoms with van der Waals surface area (Å²) in [5.74, 6) is 0.173. The van der Waals surface area contributed by atoms with Gasteiger partial charge in [0.2, 0.25) is 0 Å². The summed E-state index contributed by atoms with van der Waals surface area (Å²) in [5.41, 5.74) is 0. The van der Waals surface area contributed by atoms with Gasteiger partial charge in [0, 0.05) is 12.5 Å². The van der Waals surface area contributed by atoms with Crippen molar-refractivity contribution in [3.8, 4) is 0 Å². The van der Waals surface area contributed by atoms with Gasteiger partial charge in [0.25, 0.3) is 0 Å². The molecule has 1 saturated carbocycles. The third-order valence-corrected chi connectivity index (χ3v) is 2.24. The molecule has 0 spiro atoms. The molecular formula is C9H17NO2. The summed E-state index contributed by atoms with van der Waals surface area (Å²) in [5, 5.41) is 11.8. The molecule has 1 aliphatic carbocycles. The summed E-state index contributed by atoms with van der Waals surface area (Å²) in [7, 11) is 0. The van der Waals surface area contributed by atoms with Crippen LogP contribution >= 0.6 is 0 Å². The van der Waals surface area contributed by atoms with Gasteiger partial charge in [-0.05, 0) is 38.6 Å². The lowest BCUT2D eigenvalue weighted by molar-refractivity contribution is -0.137. The molecular weight excluding hydrogens is 154 g/mol. The van der Waals surface area contributed by atoms with Crippen LogP contribution in [-0.4, -0.2) is 23.7 Å². The van der Waals surface area contributed by atoms with Gasteiger partial charge in [0.15, 0.2) is 0 Å². The molecule has 1 unspecified atom stereocenters. The first-order valence-electron chi connectivity index (χ1n) is 4.63. The molecule has 0 aromatic carbocycles. The van der Waals surface area contributed by atoms with E-state index in [2.05, 4.69) is 5.32 Å². The summed E-state index contributed by atoms with van der Waals surface area (Å²) in [6.45, 7) is 3.12. The summed E-state index contributed by atoms with van der Waals surface area (Å²) in [4.78, 5) is 10.2. The maximum Gasteiger partial charge on any atom is 0.303 e. The van der Waals surface area contributed by atoms with E-state index >= 15 is 0 Å². The fourth-order valence-corrected chi connectivity index (χ4v) is 1.13. The van der Waals surface area contributed by atoms with Crippen molar-refractivity contribution in [1.82, 2.24) is 5.32 Å². The Morgan fingerprint density at radius 1 is 1.67 bits per heavy atom. The van der Waals surface area contributed by atoms with Crippen molar-refractivity contribution in [1.29, 1.82) is 0 Å². The van der Waals surface area contributed by atoms with Crippen molar-refractivity contribution >= 4 is 5.97 Å². The van der Waals surface area contributed by atoms with Gasteiger partial charge < -0.3 is 10.4 Å². The quantitative estimate of drug-likeness (QED) is 0.632. The van der Waals surface area contributed by atoms with Crippen LogP contribution in [0.15, 0.2) is 0 Å². The SMILES string of the molecule is CC(CCC(=O)O)NCC1CC1. The molecule has 0 amide bonds. The van der Waals surface area contributed by atoms with Crippen LogP contribution in [0.4, 0.5) is 0 Å². The van der Waals surface area contributed by atoms with Crippen LogP contribution in [0, 0.1) is 5.92 Å². The zero-order chi connectivity index (χ0) is 8.97. The lowest BCUT2D eigenvalue weighted by Crippen LogP contribution is -2.28. The smallest absolute Gasteiger partial charge is 0.303 e. The fraction of sp³-hybridized carbons (Fsp3) is 0.889. The molecule has 3 heteroatoms. The van der Waals surface area contributed by atoms with Crippen molar-refractivity contribution in [3.05, 3.63) is 0 Å². The summed E-state index contributed by atoms with van der Waals surface area (Å²) >= 11 is 0. The van der Waals surface area contributed by atoms with Gasteiger partial charge in [0.05, 0.1) is 0 Å². The van der Waals surface area contributed by atoms with E-state index in [0.29, 0.717) is 6.04 Å². The van der Waals surface area contributed by atoms with Crippen molar-refractivity contribution in [2.75, 3.05) is 6.54 Å². The molecule has 0 aromatic rings. The van der Waals surface area contributed by atoms with Crippen molar-refractivity contribution in [2.24, 2.45) is 5.92 Å². The number of nitrogens with one attached hydrogen (secondary N) is 1. The third kappa shape index (κ3) is 4.34. The highest BCUT2D eigenvalue weighted by Crippen LogP contribution is 2.27. The van der Waals surface area contributed by atoms with E-state index in [-0.39, 0.29) is 6.42 Å². The summed E-state index contributed by atoms with van der Waals surface area (Å²) in [6, 6.07) is 0.349. The van der Waals surface area contributed by atoms with E-state index in [1.165, 1.54) is 12.8 Å². The molecule has 0 saturated heterocycles. The second-order valence-electron chi connectivity index (χ2n) is 3.69. The Kier molecular flexibility index (Phi) is 3.53. The van der Waals surface area contributed by atoms with Crippen molar-refractivity contribution in [3.63, 3.8) is 0 Å². The molecule has 0 bridgehead atoms. The number of carboxylic acids is 1. The van der Waals surface area contributed by atoms with E-state index < -0.39 is 5.97 Å². The Labute approximate surface area is 73.2 Å². The Morgan fingerprint density at radius 3 is 2.83 bits per heavy atom. The van der Waals surface area contributed by atoms with Crippen LogP contribution in [-0.2, 0) is 4.79 Å². The standard InChI is InChI=1S/C9H17NO2/c1-7(2-5-9(11)12)10-6-8-3-4-8/h7-8,10H,2-6H2,1H3,(H,11,12).